The van der Waals surface area contributed by atoms with E-state index in [0.717, 1.165) is 6.20 Å². The predicted molar refractivity (Wildman–Crippen MR) is 33.9 cm³/mol. The Morgan fingerprint density at radius 3 is 2.80 bits per heavy atom. The molecule has 1 heterocycles. The molecule has 0 spiro atoms. The van der Waals surface area contributed by atoms with Crippen LogP contribution < -0.4 is 10.5 Å². The number of primary amides is 1. The largest absolute Gasteiger partial charge is 0.619 e. The minimum atomic E-state index is -0.592. The fourth-order valence-corrected chi connectivity index (χ4v) is 0.600. The topological polar surface area (TPSA) is 70.0 Å². The second kappa shape index (κ2) is 2.34. The lowest BCUT2D eigenvalue weighted by atomic mass is 10.3. The van der Waals surface area contributed by atoms with Gasteiger partial charge in [-0.15, -0.1) is 0 Å². The third-order valence-corrected chi connectivity index (χ3v) is 1.06. The van der Waals surface area contributed by atoms with E-state index in [0.29, 0.717) is 4.73 Å². The van der Waals surface area contributed by atoms with Gasteiger partial charge in [0.15, 0.2) is 12.4 Å². The van der Waals surface area contributed by atoms with Crippen molar-refractivity contribution in [2.24, 2.45) is 5.73 Å². The molecule has 0 saturated carbocycles. The van der Waals surface area contributed by atoms with Crippen LogP contribution in [0.5, 0.6) is 0 Å². The van der Waals surface area contributed by atoms with Gasteiger partial charge in [0.05, 0.1) is 0 Å². The summed E-state index contributed by atoms with van der Waals surface area (Å²) in [5, 5.41) is 10.5. The van der Waals surface area contributed by atoms with Crippen molar-refractivity contribution in [1.29, 1.82) is 0 Å². The predicted octanol–water partition coefficient (Wildman–Crippen LogP) is -0.581. The van der Waals surface area contributed by atoms with Crippen LogP contribution in [0.15, 0.2) is 24.5 Å². The van der Waals surface area contributed by atoms with Gasteiger partial charge >= 0.3 is 0 Å². The van der Waals surface area contributed by atoms with E-state index in [4.69, 9.17) is 5.73 Å². The van der Waals surface area contributed by atoms with E-state index in [1.807, 2.05) is 0 Å². The van der Waals surface area contributed by atoms with Crippen LogP contribution in [-0.2, 0) is 0 Å². The second-order valence-electron chi connectivity index (χ2n) is 1.82. The number of amides is 1. The van der Waals surface area contributed by atoms with Gasteiger partial charge in [-0.05, 0) is 6.07 Å². The van der Waals surface area contributed by atoms with Crippen LogP contribution in [-0.4, -0.2) is 5.91 Å². The molecule has 0 radical (unpaired) electrons. The third kappa shape index (κ3) is 1.22. The zero-order chi connectivity index (χ0) is 7.56. The van der Waals surface area contributed by atoms with Crippen LogP contribution in [0.1, 0.15) is 10.4 Å². The van der Waals surface area contributed by atoms with Crippen molar-refractivity contribution >= 4 is 5.91 Å². The van der Waals surface area contributed by atoms with E-state index >= 15 is 0 Å². The highest BCUT2D eigenvalue weighted by Crippen LogP contribution is 1.90. The maximum absolute atomic E-state index is 10.5. The van der Waals surface area contributed by atoms with E-state index in [1.165, 1.54) is 18.3 Å². The van der Waals surface area contributed by atoms with Crippen LogP contribution in [0.25, 0.3) is 0 Å². The average Bonchev–Trinajstić information content (AvgIpc) is 1.88. The molecule has 10 heavy (non-hydrogen) atoms. The molecule has 52 valence electrons. The van der Waals surface area contributed by atoms with Crippen molar-refractivity contribution in [3.8, 4) is 0 Å². The van der Waals surface area contributed by atoms with Gasteiger partial charge in [0, 0.05) is 6.07 Å². The second-order valence-corrected chi connectivity index (χ2v) is 1.82. The van der Waals surface area contributed by atoms with Gasteiger partial charge in [-0.25, -0.2) is 0 Å². The maximum atomic E-state index is 10.5. The first-order valence-electron chi connectivity index (χ1n) is 2.69. The Morgan fingerprint density at radius 2 is 2.40 bits per heavy atom. The Bertz CT molecular complexity index is 260. The van der Waals surface area contributed by atoms with Crippen molar-refractivity contribution in [1.82, 2.24) is 0 Å². The number of hydrogen-bond donors (Lipinski definition) is 1. The van der Waals surface area contributed by atoms with Gasteiger partial charge in [0.1, 0.15) is 5.56 Å². The van der Waals surface area contributed by atoms with Crippen molar-refractivity contribution in [3.05, 3.63) is 35.3 Å². The highest BCUT2D eigenvalue weighted by Gasteiger charge is 2.01. The Kier molecular flexibility index (Phi) is 1.53. The van der Waals surface area contributed by atoms with Gasteiger partial charge in [-0.3, -0.25) is 4.79 Å². The summed E-state index contributed by atoms with van der Waals surface area (Å²) in [6.45, 7) is 0. The van der Waals surface area contributed by atoms with E-state index in [9.17, 15) is 10.0 Å². The molecule has 0 atom stereocenters. The summed E-state index contributed by atoms with van der Waals surface area (Å²) in [7, 11) is 0. The quantitative estimate of drug-likeness (QED) is 0.416. The highest BCUT2D eigenvalue weighted by molar-refractivity contribution is 5.92. The van der Waals surface area contributed by atoms with E-state index in [1.54, 1.807) is 0 Å². The van der Waals surface area contributed by atoms with E-state index in [-0.39, 0.29) is 5.56 Å². The first-order valence-corrected chi connectivity index (χ1v) is 2.69. The molecule has 0 aliphatic rings. The van der Waals surface area contributed by atoms with E-state index in [2.05, 4.69) is 0 Å². The van der Waals surface area contributed by atoms with Crippen LogP contribution in [0.4, 0.5) is 0 Å². The van der Waals surface area contributed by atoms with Gasteiger partial charge < -0.3 is 10.9 Å². The Labute approximate surface area is 57.5 Å². The molecule has 0 fully saturated rings. The molecule has 1 aromatic heterocycles. The lowest BCUT2D eigenvalue weighted by Gasteiger charge is -1.94. The fraction of sp³-hybridized carbons (Fsp3) is 0. The van der Waals surface area contributed by atoms with Crippen molar-refractivity contribution in [3.63, 3.8) is 0 Å². The van der Waals surface area contributed by atoms with Crippen molar-refractivity contribution in [2.45, 2.75) is 0 Å². The molecule has 0 aromatic carbocycles. The molecule has 0 saturated heterocycles. The lowest BCUT2D eigenvalue weighted by molar-refractivity contribution is -0.605. The molecular weight excluding hydrogens is 132 g/mol. The average molecular weight is 138 g/mol. The molecule has 2 N–H and O–H groups in total. The number of carbonyl (C=O) groups is 1. The number of pyridine rings is 1. The van der Waals surface area contributed by atoms with Gasteiger partial charge in [0.2, 0.25) is 0 Å². The Hall–Kier alpha value is -1.58. The van der Waals surface area contributed by atoms with Crippen LogP contribution in [0.2, 0.25) is 0 Å². The van der Waals surface area contributed by atoms with Gasteiger partial charge in [-0.1, -0.05) is 0 Å². The highest BCUT2D eigenvalue weighted by atomic mass is 16.5. The maximum Gasteiger partial charge on any atom is 0.254 e. The number of nitrogens with two attached hydrogens (primary N) is 1. The van der Waals surface area contributed by atoms with Gasteiger partial charge in [-0.2, -0.15) is 4.73 Å². The third-order valence-electron chi connectivity index (χ3n) is 1.06. The smallest absolute Gasteiger partial charge is 0.254 e. The molecule has 1 amide bonds. The normalized spacial score (nSPS) is 9.20. The minimum Gasteiger partial charge on any atom is -0.619 e. The van der Waals surface area contributed by atoms with Gasteiger partial charge in [0.25, 0.3) is 5.91 Å². The minimum absolute atomic E-state index is 0.220. The number of carbonyl (C=O) groups excluding carboxylic acids is 1. The molecule has 1 aromatic rings. The summed E-state index contributed by atoms with van der Waals surface area (Å²) >= 11 is 0. The van der Waals surface area contributed by atoms with Crippen LogP contribution >= 0.6 is 0 Å². The SMILES string of the molecule is NC(=O)c1ccc[n+]([O-])c1. The fourth-order valence-electron chi connectivity index (χ4n) is 0.600. The summed E-state index contributed by atoms with van der Waals surface area (Å²) < 4.78 is 0.528. The summed E-state index contributed by atoms with van der Waals surface area (Å²) in [6, 6.07) is 2.95. The monoisotopic (exact) mass is 138 g/mol. The summed E-state index contributed by atoms with van der Waals surface area (Å²) in [4.78, 5) is 10.4. The van der Waals surface area contributed by atoms with Crippen LogP contribution in [0, 0.1) is 5.21 Å². The lowest BCUT2D eigenvalue weighted by Crippen LogP contribution is -2.27. The molecule has 1 rings (SSSR count). The number of nitrogens with zero attached hydrogens (tertiary/aromatic N) is 1. The Balaban J connectivity index is 3.07. The standard InChI is InChI=1S/C6H6N2O2/c7-6(9)5-2-1-3-8(10)4-5/h1-4H,(H2,7,9). The van der Waals surface area contributed by atoms with Crippen molar-refractivity contribution in [2.75, 3.05) is 0 Å². The van der Waals surface area contributed by atoms with Crippen molar-refractivity contribution < 1.29 is 9.52 Å². The molecule has 0 aliphatic heterocycles. The zero-order valence-electron chi connectivity index (χ0n) is 5.15. The molecule has 0 aliphatic carbocycles. The first kappa shape index (κ1) is 6.54. The first-order chi connectivity index (χ1) is 4.70. The molecule has 4 nitrogen and oxygen atoms in total. The molecule has 4 heteroatoms. The molecule has 0 unspecified atom stereocenters. The van der Waals surface area contributed by atoms with E-state index < -0.39 is 5.91 Å². The van der Waals surface area contributed by atoms with Crippen LogP contribution in [0.3, 0.4) is 0 Å². The summed E-state index contributed by atoms with van der Waals surface area (Å²) in [6.07, 6.45) is 2.41. The number of rotatable bonds is 1. The Morgan fingerprint density at radius 1 is 1.70 bits per heavy atom. The summed E-state index contributed by atoms with van der Waals surface area (Å²) in [5.41, 5.74) is 5.11. The molecule has 0 bridgehead atoms. The number of aromatic nitrogens is 1. The zero-order valence-corrected chi connectivity index (χ0v) is 5.15. The summed E-state index contributed by atoms with van der Waals surface area (Å²) in [5.74, 6) is -0.592. The number of hydrogen-bond acceptors (Lipinski definition) is 2. The molecular formula is C6H6N2O2.